The molecule has 5 heteroatoms. The molecule has 1 aliphatic heterocycles. The Kier molecular flexibility index (Phi) is 7.78. The van der Waals surface area contributed by atoms with Crippen LogP contribution in [-0.4, -0.2) is 45.4 Å². The first-order chi connectivity index (χ1) is 13.7. The second kappa shape index (κ2) is 10.5. The standard InChI is InChI=1S/C23H32FNO3/c1-26-22-8-7-19(17-23(22)27-2)11-15-25-13-9-18(10-14-25)12-16-28-21-6-4-3-5-20(21)24/h5-8,17-18H,3-4,9-16H2,1-2H3. The fraction of sp³-hybridized carbons (Fsp3) is 0.565. The van der Waals surface area contributed by atoms with Crippen LogP contribution >= 0.6 is 0 Å². The molecule has 0 saturated carbocycles. The summed E-state index contributed by atoms with van der Waals surface area (Å²) in [5.74, 6) is 2.48. The molecule has 1 heterocycles. The van der Waals surface area contributed by atoms with Crippen LogP contribution in [0.4, 0.5) is 4.39 Å². The average Bonchev–Trinajstić information content (AvgIpc) is 2.74. The first kappa shape index (κ1) is 20.7. The lowest BCUT2D eigenvalue weighted by atomic mass is 9.93. The molecule has 0 bridgehead atoms. The van der Waals surface area contributed by atoms with E-state index >= 15 is 0 Å². The minimum Gasteiger partial charge on any atom is -0.493 e. The number of allylic oxidation sites excluding steroid dienone is 3. The smallest absolute Gasteiger partial charge is 0.160 e. The maximum absolute atomic E-state index is 13.6. The second-order valence-electron chi connectivity index (χ2n) is 7.56. The Morgan fingerprint density at radius 2 is 1.79 bits per heavy atom. The molecule has 2 aliphatic rings. The van der Waals surface area contributed by atoms with E-state index in [1.807, 2.05) is 12.1 Å². The van der Waals surface area contributed by atoms with Gasteiger partial charge in [0.25, 0.3) is 0 Å². The van der Waals surface area contributed by atoms with Crippen molar-refractivity contribution in [3.05, 3.63) is 47.5 Å². The molecule has 0 atom stereocenters. The van der Waals surface area contributed by atoms with E-state index in [1.54, 1.807) is 20.3 Å². The van der Waals surface area contributed by atoms with E-state index < -0.39 is 0 Å². The Labute approximate surface area is 168 Å². The SMILES string of the molecule is COc1ccc(CCN2CCC(CCOC3=CCCC=C3F)CC2)cc1OC. The average molecular weight is 390 g/mol. The third kappa shape index (κ3) is 5.74. The summed E-state index contributed by atoms with van der Waals surface area (Å²) in [5.41, 5.74) is 1.27. The predicted molar refractivity (Wildman–Crippen MR) is 109 cm³/mol. The Hall–Kier alpha value is -2.01. The van der Waals surface area contributed by atoms with E-state index in [-0.39, 0.29) is 5.83 Å². The summed E-state index contributed by atoms with van der Waals surface area (Å²) < 4.78 is 30.0. The van der Waals surface area contributed by atoms with Crippen molar-refractivity contribution in [3.63, 3.8) is 0 Å². The van der Waals surface area contributed by atoms with Gasteiger partial charge in [-0.25, -0.2) is 4.39 Å². The van der Waals surface area contributed by atoms with Crippen LogP contribution in [0.15, 0.2) is 41.9 Å². The van der Waals surface area contributed by atoms with Crippen molar-refractivity contribution in [3.8, 4) is 11.5 Å². The number of halogens is 1. The van der Waals surface area contributed by atoms with Crippen molar-refractivity contribution < 1.29 is 18.6 Å². The van der Waals surface area contributed by atoms with Crippen LogP contribution in [0.3, 0.4) is 0 Å². The third-order valence-electron chi connectivity index (χ3n) is 5.71. The fourth-order valence-electron chi connectivity index (χ4n) is 3.91. The van der Waals surface area contributed by atoms with Crippen LogP contribution in [0.25, 0.3) is 0 Å². The lowest BCUT2D eigenvalue weighted by molar-refractivity contribution is 0.140. The molecule has 1 saturated heterocycles. The highest BCUT2D eigenvalue weighted by Gasteiger charge is 2.19. The van der Waals surface area contributed by atoms with E-state index in [4.69, 9.17) is 14.2 Å². The van der Waals surface area contributed by atoms with Crippen LogP contribution < -0.4 is 9.47 Å². The molecule has 0 radical (unpaired) electrons. The van der Waals surface area contributed by atoms with Crippen molar-refractivity contribution in [2.75, 3.05) is 40.5 Å². The number of likely N-dealkylation sites (tertiary alicyclic amines) is 1. The van der Waals surface area contributed by atoms with E-state index in [9.17, 15) is 4.39 Å². The molecule has 4 nitrogen and oxygen atoms in total. The van der Waals surface area contributed by atoms with Gasteiger partial charge in [0.2, 0.25) is 0 Å². The molecule has 1 fully saturated rings. The van der Waals surface area contributed by atoms with Gasteiger partial charge in [-0.05, 0) is 87.4 Å². The zero-order valence-electron chi connectivity index (χ0n) is 17.1. The summed E-state index contributed by atoms with van der Waals surface area (Å²) in [7, 11) is 3.33. The van der Waals surface area contributed by atoms with Gasteiger partial charge in [-0.2, -0.15) is 0 Å². The Balaban J connectivity index is 1.35. The van der Waals surface area contributed by atoms with Crippen molar-refractivity contribution in [1.29, 1.82) is 0 Å². The number of benzene rings is 1. The zero-order chi connectivity index (χ0) is 19.8. The summed E-state index contributed by atoms with van der Waals surface area (Å²) in [6.45, 7) is 3.91. The lowest BCUT2D eigenvalue weighted by Gasteiger charge is -2.32. The number of methoxy groups -OCH3 is 2. The van der Waals surface area contributed by atoms with Crippen LogP contribution in [0, 0.1) is 5.92 Å². The maximum Gasteiger partial charge on any atom is 0.160 e. The molecular weight excluding hydrogens is 357 g/mol. The second-order valence-corrected chi connectivity index (χ2v) is 7.56. The van der Waals surface area contributed by atoms with Crippen LogP contribution in [0.1, 0.15) is 37.7 Å². The molecule has 1 aliphatic carbocycles. The predicted octanol–water partition coefficient (Wildman–Crippen LogP) is 4.90. The van der Waals surface area contributed by atoms with Gasteiger partial charge in [0.05, 0.1) is 20.8 Å². The minimum atomic E-state index is -0.198. The van der Waals surface area contributed by atoms with Gasteiger partial charge in [0.1, 0.15) is 0 Å². The summed E-state index contributed by atoms with van der Waals surface area (Å²) in [5, 5.41) is 0. The lowest BCUT2D eigenvalue weighted by Crippen LogP contribution is -2.35. The fourth-order valence-corrected chi connectivity index (χ4v) is 3.91. The van der Waals surface area contributed by atoms with Crippen LogP contribution in [0.2, 0.25) is 0 Å². The molecular formula is C23H32FNO3. The molecule has 0 unspecified atom stereocenters. The molecule has 3 rings (SSSR count). The first-order valence-corrected chi connectivity index (χ1v) is 10.3. The van der Waals surface area contributed by atoms with Crippen molar-refractivity contribution in [2.45, 2.75) is 38.5 Å². The number of hydrogen-bond acceptors (Lipinski definition) is 4. The first-order valence-electron chi connectivity index (χ1n) is 10.3. The van der Waals surface area contributed by atoms with Crippen molar-refractivity contribution in [2.24, 2.45) is 5.92 Å². The highest BCUT2D eigenvalue weighted by Crippen LogP contribution is 2.28. The normalized spacial score (nSPS) is 18.4. The number of hydrogen-bond donors (Lipinski definition) is 0. The Morgan fingerprint density at radius 1 is 1.04 bits per heavy atom. The topological polar surface area (TPSA) is 30.9 Å². The summed E-state index contributed by atoms with van der Waals surface area (Å²) in [4.78, 5) is 2.53. The van der Waals surface area contributed by atoms with Crippen LogP contribution in [-0.2, 0) is 11.2 Å². The van der Waals surface area contributed by atoms with Gasteiger partial charge < -0.3 is 19.1 Å². The third-order valence-corrected chi connectivity index (χ3v) is 5.71. The van der Waals surface area contributed by atoms with Gasteiger partial charge in [-0.1, -0.05) is 6.07 Å². The zero-order valence-corrected chi connectivity index (χ0v) is 17.1. The van der Waals surface area contributed by atoms with Gasteiger partial charge in [-0.3, -0.25) is 0 Å². The van der Waals surface area contributed by atoms with E-state index in [0.29, 0.717) is 18.3 Å². The maximum atomic E-state index is 13.6. The van der Waals surface area contributed by atoms with Gasteiger partial charge in [0, 0.05) is 6.54 Å². The molecule has 154 valence electrons. The molecule has 1 aromatic carbocycles. The van der Waals surface area contributed by atoms with E-state index in [2.05, 4.69) is 17.0 Å². The number of rotatable bonds is 9. The summed E-state index contributed by atoms with van der Waals surface area (Å²) in [6.07, 6.45) is 9.53. The molecule has 0 spiro atoms. The molecule has 1 aromatic rings. The van der Waals surface area contributed by atoms with Crippen molar-refractivity contribution in [1.82, 2.24) is 4.90 Å². The molecule has 0 N–H and O–H groups in total. The molecule has 0 amide bonds. The van der Waals surface area contributed by atoms with Crippen LogP contribution in [0.5, 0.6) is 11.5 Å². The monoisotopic (exact) mass is 389 g/mol. The highest BCUT2D eigenvalue weighted by molar-refractivity contribution is 5.42. The van der Waals surface area contributed by atoms with E-state index in [0.717, 1.165) is 56.8 Å². The number of ether oxygens (including phenoxy) is 3. The molecule has 0 aromatic heterocycles. The number of nitrogens with zero attached hydrogens (tertiary/aromatic N) is 1. The summed E-state index contributed by atoms with van der Waals surface area (Å²) >= 11 is 0. The van der Waals surface area contributed by atoms with E-state index in [1.165, 1.54) is 18.4 Å². The Bertz CT molecular complexity index is 693. The number of piperidine rings is 1. The van der Waals surface area contributed by atoms with Gasteiger partial charge in [0.15, 0.2) is 23.1 Å². The largest absolute Gasteiger partial charge is 0.493 e. The highest BCUT2D eigenvalue weighted by atomic mass is 19.1. The Morgan fingerprint density at radius 3 is 2.50 bits per heavy atom. The van der Waals surface area contributed by atoms with Crippen molar-refractivity contribution >= 4 is 0 Å². The van der Waals surface area contributed by atoms with Gasteiger partial charge >= 0.3 is 0 Å². The molecule has 28 heavy (non-hydrogen) atoms. The summed E-state index contributed by atoms with van der Waals surface area (Å²) in [6, 6.07) is 6.15. The quantitative estimate of drug-likeness (QED) is 0.601. The minimum absolute atomic E-state index is 0.198. The van der Waals surface area contributed by atoms with Gasteiger partial charge in [-0.15, -0.1) is 0 Å².